The van der Waals surface area contributed by atoms with Crippen molar-refractivity contribution >= 4 is 17.5 Å². The van der Waals surface area contributed by atoms with Crippen molar-refractivity contribution in [1.29, 1.82) is 0 Å². The Morgan fingerprint density at radius 3 is 2.35 bits per heavy atom. The second kappa shape index (κ2) is 7.60. The minimum Gasteiger partial charge on any atom is -0.496 e. The lowest BCUT2D eigenvalue weighted by Crippen LogP contribution is -2.49. The minimum atomic E-state index is -0.475. The summed E-state index contributed by atoms with van der Waals surface area (Å²) in [5.41, 5.74) is 2.22. The standard InChI is InChI=1S/C21H24N2O3/c1-15(24)23-18-10-8-17(9-11-18)21(12-5-13-21)20(25)22-14-16-6-3-4-7-19(16)26-2/h3-4,6-11H,5,12-14H2,1-2H3,(H,22,25)(H,23,24). The zero-order valence-corrected chi connectivity index (χ0v) is 15.2. The van der Waals surface area contributed by atoms with E-state index in [-0.39, 0.29) is 11.8 Å². The molecule has 5 heteroatoms. The molecule has 2 amide bonds. The second-order valence-electron chi connectivity index (χ2n) is 6.69. The van der Waals surface area contributed by atoms with Crippen LogP contribution in [0.15, 0.2) is 48.5 Å². The van der Waals surface area contributed by atoms with Crippen molar-refractivity contribution in [2.75, 3.05) is 12.4 Å². The molecule has 5 nitrogen and oxygen atoms in total. The van der Waals surface area contributed by atoms with Crippen molar-refractivity contribution in [2.45, 2.75) is 38.1 Å². The summed E-state index contributed by atoms with van der Waals surface area (Å²) in [6.07, 6.45) is 2.71. The van der Waals surface area contributed by atoms with Gasteiger partial charge in [0.15, 0.2) is 0 Å². The number of nitrogens with one attached hydrogen (secondary N) is 2. The number of anilines is 1. The number of methoxy groups -OCH3 is 1. The molecule has 2 aromatic carbocycles. The van der Waals surface area contributed by atoms with Gasteiger partial charge < -0.3 is 15.4 Å². The summed E-state index contributed by atoms with van der Waals surface area (Å²) >= 11 is 0. The molecule has 26 heavy (non-hydrogen) atoms. The van der Waals surface area contributed by atoms with Crippen LogP contribution in [0, 0.1) is 0 Å². The Kier molecular flexibility index (Phi) is 5.26. The van der Waals surface area contributed by atoms with Crippen molar-refractivity contribution in [3.05, 3.63) is 59.7 Å². The van der Waals surface area contributed by atoms with Crippen LogP contribution in [0.4, 0.5) is 5.69 Å². The third-order valence-electron chi connectivity index (χ3n) is 5.03. The van der Waals surface area contributed by atoms with Crippen molar-refractivity contribution < 1.29 is 14.3 Å². The fraction of sp³-hybridized carbons (Fsp3) is 0.333. The monoisotopic (exact) mass is 352 g/mol. The highest BCUT2D eigenvalue weighted by Gasteiger charge is 2.45. The highest BCUT2D eigenvalue weighted by atomic mass is 16.5. The minimum absolute atomic E-state index is 0.0435. The Bertz CT molecular complexity index is 795. The Morgan fingerprint density at radius 1 is 1.08 bits per heavy atom. The number of rotatable bonds is 6. The number of ether oxygens (including phenoxy) is 1. The Morgan fingerprint density at radius 2 is 1.77 bits per heavy atom. The van der Waals surface area contributed by atoms with E-state index in [9.17, 15) is 9.59 Å². The van der Waals surface area contributed by atoms with E-state index in [1.165, 1.54) is 6.92 Å². The van der Waals surface area contributed by atoms with Gasteiger partial charge in [-0.2, -0.15) is 0 Å². The molecule has 0 heterocycles. The topological polar surface area (TPSA) is 67.4 Å². The summed E-state index contributed by atoms with van der Waals surface area (Å²) in [5.74, 6) is 0.711. The molecule has 1 saturated carbocycles. The molecule has 2 aromatic rings. The number of benzene rings is 2. The zero-order valence-electron chi connectivity index (χ0n) is 15.2. The zero-order chi connectivity index (χ0) is 18.6. The summed E-state index contributed by atoms with van der Waals surface area (Å²) < 4.78 is 5.35. The first-order valence-corrected chi connectivity index (χ1v) is 8.83. The Hall–Kier alpha value is -2.82. The highest BCUT2D eigenvalue weighted by Crippen LogP contribution is 2.44. The molecule has 136 valence electrons. The van der Waals surface area contributed by atoms with Crippen LogP contribution in [0.5, 0.6) is 5.75 Å². The molecule has 0 unspecified atom stereocenters. The van der Waals surface area contributed by atoms with E-state index < -0.39 is 5.41 Å². The van der Waals surface area contributed by atoms with Crippen LogP contribution in [-0.2, 0) is 21.5 Å². The predicted molar refractivity (Wildman–Crippen MR) is 101 cm³/mol. The van der Waals surface area contributed by atoms with E-state index >= 15 is 0 Å². The van der Waals surface area contributed by atoms with Gasteiger partial charge in [0.1, 0.15) is 5.75 Å². The molecule has 0 radical (unpaired) electrons. The quantitative estimate of drug-likeness (QED) is 0.837. The van der Waals surface area contributed by atoms with Gasteiger partial charge in [-0.3, -0.25) is 9.59 Å². The van der Waals surface area contributed by atoms with Gasteiger partial charge in [-0.05, 0) is 36.6 Å². The lowest BCUT2D eigenvalue weighted by molar-refractivity contribution is -0.130. The molecule has 2 N–H and O–H groups in total. The van der Waals surface area contributed by atoms with Crippen LogP contribution in [-0.4, -0.2) is 18.9 Å². The van der Waals surface area contributed by atoms with Gasteiger partial charge in [-0.25, -0.2) is 0 Å². The molecule has 1 aliphatic rings. The number of hydrogen-bond donors (Lipinski definition) is 2. The van der Waals surface area contributed by atoms with Gasteiger partial charge in [0.2, 0.25) is 11.8 Å². The van der Waals surface area contributed by atoms with Gasteiger partial charge in [-0.1, -0.05) is 36.8 Å². The lowest BCUT2D eigenvalue weighted by Gasteiger charge is -2.40. The average molecular weight is 352 g/mol. The first kappa shape index (κ1) is 18.0. The molecule has 3 rings (SSSR count). The summed E-state index contributed by atoms with van der Waals surface area (Å²) in [4.78, 5) is 24.1. The largest absolute Gasteiger partial charge is 0.496 e. The van der Waals surface area contributed by atoms with Gasteiger partial charge in [0.05, 0.1) is 12.5 Å². The maximum atomic E-state index is 13.0. The number of para-hydroxylation sites is 1. The molecule has 1 aliphatic carbocycles. The molecular weight excluding hydrogens is 328 g/mol. The highest BCUT2D eigenvalue weighted by molar-refractivity contribution is 5.90. The summed E-state index contributed by atoms with van der Waals surface area (Å²) in [5, 5.41) is 5.83. The maximum absolute atomic E-state index is 13.0. The number of carbonyl (C=O) groups excluding carboxylic acids is 2. The summed E-state index contributed by atoms with van der Waals surface area (Å²) in [7, 11) is 1.63. The first-order valence-electron chi connectivity index (χ1n) is 8.83. The van der Waals surface area contributed by atoms with Gasteiger partial charge in [0, 0.05) is 24.7 Å². The van der Waals surface area contributed by atoms with Crippen molar-refractivity contribution in [2.24, 2.45) is 0 Å². The Labute approximate surface area is 153 Å². The SMILES string of the molecule is COc1ccccc1CNC(=O)C1(c2ccc(NC(C)=O)cc2)CCC1. The number of carbonyl (C=O) groups is 2. The van der Waals surface area contributed by atoms with Crippen LogP contribution >= 0.6 is 0 Å². The van der Waals surface area contributed by atoms with Gasteiger partial charge in [0.25, 0.3) is 0 Å². The predicted octanol–water partition coefficient (Wildman–Crippen LogP) is 3.39. The van der Waals surface area contributed by atoms with Crippen molar-refractivity contribution in [1.82, 2.24) is 5.32 Å². The van der Waals surface area contributed by atoms with Crippen LogP contribution in [0.3, 0.4) is 0 Å². The van der Waals surface area contributed by atoms with E-state index in [0.717, 1.165) is 41.8 Å². The number of amides is 2. The smallest absolute Gasteiger partial charge is 0.230 e. The first-order chi connectivity index (χ1) is 12.5. The van der Waals surface area contributed by atoms with E-state index in [1.54, 1.807) is 7.11 Å². The van der Waals surface area contributed by atoms with E-state index in [2.05, 4.69) is 10.6 Å². The molecule has 0 spiro atoms. The van der Waals surface area contributed by atoms with E-state index in [0.29, 0.717) is 6.54 Å². The lowest BCUT2D eigenvalue weighted by atomic mass is 9.63. The second-order valence-corrected chi connectivity index (χ2v) is 6.69. The van der Waals surface area contributed by atoms with Crippen LogP contribution in [0.1, 0.15) is 37.3 Å². The molecular formula is C21H24N2O3. The molecule has 0 aliphatic heterocycles. The van der Waals surface area contributed by atoms with Crippen LogP contribution in [0.2, 0.25) is 0 Å². The number of hydrogen-bond acceptors (Lipinski definition) is 3. The fourth-order valence-electron chi connectivity index (χ4n) is 3.45. The van der Waals surface area contributed by atoms with Crippen molar-refractivity contribution in [3.8, 4) is 5.75 Å². The van der Waals surface area contributed by atoms with Crippen LogP contribution < -0.4 is 15.4 Å². The van der Waals surface area contributed by atoms with E-state index in [4.69, 9.17) is 4.74 Å². The normalized spacial score (nSPS) is 14.8. The van der Waals surface area contributed by atoms with E-state index in [1.807, 2.05) is 48.5 Å². The van der Waals surface area contributed by atoms with Crippen LogP contribution in [0.25, 0.3) is 0 Å². The molecule has 0 atom stereocenters. The fourth-order valence-corrected chi connectivity index (χ4v) is 3.45. The van der Waals surface area contributed by atoms with Gasteiger partial charge in [-0.15, -0.1) is 0 Å². The third-order valence-corrected chi connectivity index (χ3v) is 5.03. The third kappa shape index (κ3) is 3.57. The average Bonchev–Trinajstić information content (AvgIpc) is 2.60. The molecule has 0 saturated heterocycles. The van der Waals surface area contributed by atoms with Gasteiger partial charge >= 0.3 is 0 Å². The molecule has 0 aromatic heterocycles. The Balaban J connectivity index is 1.72. The summed E-state index contributed by atoms with van der Waals surface area (Å²) in [6.45, 7) is 1.92. The molecule has 1 fully saturated rings. The maximum Gasteiger partial charge on any atom is 0.230 e. The summed E-state index contributed by atoms with van der Waals surface area (Å²) in [6, 6.07) is 15.3. The molecule has 0 bridgehead atoms. The van der Waals surface area contributed by atoms with Crippen molar-refractivity contribution in [3.63, 3.8) is 0 Å².